The Labute approximate surface area is 199 Å². The van der Waals surface area contributed by atoms with Gasteiger partial charge in [-0.2, -0.15) is 0 Å². The molecule has 3 aromatic rings. The van der Waals surface area contributed by atoms with Gasteiger partial charge in [-0.05, 0) is 50.6 Å². The molecule has 1 aliphatic rings. The first-order chi connectivity index (χ1) is 16.4. The molecule has 1 saturated heterocycles. The summed E-state index contributed by atoms with van der Waals surface area (Å²) >= 11 is 0. The minimum Gasteiger partial charge on any atom is -0.507 e. The average Bonchev–Trinajstić information content (AvgIpc) is 3.10. The van der Waals surface area contributed by atoms with Gasteiger partial charge in [0.2, 0.25) is 0 Å². The Morgan fingerprint density at radius 1 is 0.941 bits per heavy atom. The number of amides is 1. The molecular formula is C28H27NO5. The number of anilines is 1. The average molecular weight is 458 g/mol. The highest BCUT2D eigenvalue weighted by atomic mass is 16.5. The van der Waals surface area contributed by atoms with E-state index >= 15 is 0 Å². The molecule has 0 radical (unpaired) electrons. The summed E-state index contributed by atoms with van der Waals surface area (Å²) in [4.78, 5) is 27.9. The number of aliphatic hydroxyl groups is 1. The van der Waals surface area contributed by atoms with Crippen LogP contribution in [0.3, 0.4) is 0 Å². The van der Waals surface area contributed by atoms with Gasteiger partial charge in [-0.15, -0.1) is 0 Å². The maximum atomic E-state index is 13.3. The molecule has 0 saturated carbocycles. The summed E-state index contributed by atoms with van der Waals surface area (Å²) in [5.41, 5.74) is 1.69. The molecule has 6 nitrogen and oxygen atoms in total. The van der Waals surface area contributed by atoms with Gasteiger partial charge in [0.25, 0.3) is 11.7 Å². The molecule has 3 aromatic carbocycles. The number of rotatable bonds is 7. The van der Waals surface area contributed by atoms with Gasteiger partial charge in [-0.25, -0.2) is 0 Å². The topological polar surface area (TPSA) is 76.1 Å². The zero-order valence-corrected chi connectivity index (χ0v) is 19.4. The van der Waals surface area contributed by atoms with Crippen molar-refractivity contribution in [2.45, 2.75) is 32.9 Å². The van der Waals surface area contributed by atoms with E-state index in [1.165, 1.54) is 4.90 Å². The van der Waals surface area contributed by atoms with Gasteiger partial charge in [0, 0.05) is 17.3 Å². The molecule has 1 aliphatic heterocycles. The van der Waals surface area contributed by atoms with Crippen LogP contribution in [0.2, 0.25) is 0 Å². The van der Waals surface area contributed by atoms with Gasteiger partial charge in [-0.3, -0.25) is 14.5 Å². The molecule has 6 heteroatoms. The molecule has 1 heterocycles. The summed E-state index contributed by atoms with van der Waals surface area (Å²) in [6, 6.07) is 22.2. The Morgan fingerprint density at radius 2 is 1.65 bits per heavy atom. The number of hydrogen-bond acceptors (Lipinski definition) is 5. The highest BCUT2D eigenvalue weighted by Crippen LogP contribution is 2.43. The number of hydrogen-bond donors (Lipinski definition) is 1. The molecule has 1 N–H and O–H groups in total. The van der Waals surface area contributed by atoms with Crippen molar-refractivity contribution in [3.8, 4) is 11.5 Å². The fourth-order valence-electron chi connectivity index (χ4n) is 4.06. The van der Waals surface area contributed by atoms with Gasteiger partial charge < -0.3 is 14.6 Å². The second kappa shape index (κ2) is 9.83. The Bertz CT molecular complexity index is 1220. The third-order valence-corrected chi connectivity index (χ3v) is 5.47. The van der Waals surface area contributed by atoms with Crippen LogP contribution in [-0.2, 0) is 9.59 Å². The fraction of sp³-hybridized carbons (Fsp3) is 0.214. The van der Waals surface area contributed by atoms with E-state index in [-0.39, 0.29) is 17.4 Å². The Balaban J connectivity index is 1.87. The van der Waals surface area contributed by atoms with Crippen LogP contribution in [0.1, 0.15) is 37.9 Å². The van der Waals surface area contributed by atoms with E-state index in [2.05, 4.69) is 0 Å². The SMILES string of the molecule is CCOc1cccc(N2C(=O)C(=O)/C(=C(/O)c3ccccc3)C2c2ccc(OC(C)C)cc2)c1. The molecule has 0 aliphatic carbocycles. The van der Waals surface area contributed by atoms with Gasteiger partial charge in [0.05, 0.1) is 24.3 Å². The Kier molecular flexibility index (Phi) is 6.68. The Morgan fingerprint density at radius 3 is 2.29 bits per heavy atom. The van der Waals surface area contributed by atoms with Crippen molar-refractivity contribution in [3.05, 3.63) is 95.6 Å². The number of aliphatic hydroxyl groups excluding tert-OH is 1. The van der Waals surface area contributed by atoms with Crippen LogP contribution in [0.5, 0.6) is 11.5 Å². The highest BCUT2D eigenvalue weighted by Gasteiger charge is 2.47. The van der Waals surface area contributed by atoms with E-state index < -0.39 is 17.7 Å². The quantitative estimate of drug-likeness (QED) is 0.288. The van der Waals surface area contributed by atoms with E-state index in [9.17, 15) is 14.7 Å². The molecule has 1 amide bonds. The van der Waals surface area contributed by atoms with Crippen LogP contribution in [0.15, 0.2) is 84.4 Å². The lowest BCUT2D eigenvalue weighted by Gasteiger charge is -2.26. The molecule has 1 fully saturated rings. The predicted molar refractivity (Wildman–Crippen MR) is 131 cm³/mol. The minimum atomic E-state index is -0.815. The maximum Gasteiger partial charge on any atom is 0.300 e. The molecular weight excluding hydrogens is 430 g/mol. The predicted octanol–water partition coefficient (Wildman–Crippen LogP) is 5.50. The number of Topliss-reactive ketones (excluding diaryl/α,β-unsaturated/α-hetero) is 1. The molecule has 1 atom stereocenters. The lowest BCUT2D eigenvalue weighted by molar-refractivity contribution is -0.132. The van der Waals surface area contributed by atoms with E-state index in [0.717, 1.165) is 0 Å². The summed E-state index contributed by atoms with van der Waals surface area (Å²) in [5.74, 6) is -0.397. The van der Waals surface area contributed by atoms with Crippen LogP contribution in [0.25, 0.3) is 5.76 Å². The molecule has 34 heavy (non-hydrogen) atoms. The number of ether oxygens (including phenoxy) is 2. The largest absolute Gasteiger partial charge is 0.507 e. The molecule has 1 unspecified atom stereocenters. The maximum absolute atomic E-state index is 13.3. The molecule has 4 rings (SSSR count). The second-order valence-corrected chi connectivity index (χ2v) is 8.20. The van der Waals surface area contributed by atoms with Crippen LogP contribution < -0.4 is 14.4 Å². The van der Waals surface area contributed by atoms with Gasteiger partial charge in [0.15, 0.2) is 0 Å². The lowest BCUT2D eigenvalue weighted by atomic mass is 9.95. The van der Waals surface area contributed by atoms with Gasteiger partial charge >= 0.3 is 0 Å². The van der Waals surface area contributed by atoms with E-state index in [4.69, 9.17) is 9.47 Å². The molecule has 174 valence electrons. The van der Waals surface area contributed by atoms with Crippen molar-refractivity contribution in [2.24, 2.45) is 0 Å². The first-order valence-electron chi connectivity index (χ1n) is 11.3. The van der Waals surface area contributed by atoms with Gasteiger partial charge in [0.1, 0.15) is 17.3 Å². The standard InChI is InChI=1S/C28H27NO5/c1-4-33-23-12-8-11-21(17-23)29-25(19-13-15-22(16-14-19)34-18(2)3)24(27(31)28(29)32)26(30)20-9-6-5-7-10-20/h5-18,25,30H,4H2,1-3H3/b26-24+. The third-order valence-electron chi connectivity index (χ3n) is 5.47. The number of nitrogens with zero attached hydrogens (tertiary/aromatic N) is 1. The lowest BCUT2D eigenvalue weighted by Crippen LogP contribution is -2.29. The summed E-state index contributed by atoms with van der Waals surface area (Å²) in [6.07, 6.45) is 0.0101. The first-order valence-corrected chi connectivity index (χ1v) is 11.3. The first kappa shape index (κ1) is 23.1. The van der Waals surface area contributed by atoms with Crippen LogP contribution in [0, 0.1) is 0 Å². The van der Waals surface area contributed by atoms with Crippen LogP contribution >= 0.6 is 0 Å². The number of carbonyl (C=O) groups is 2. The smallest absolute Gasteiger partial charge is 0.300 e. The highest BCUT2D eigenvalue weighted by molar-refractivity contribution is 6.51. The zero-order chi connectivity index (χ0) is 24.2. The summed E-state index contributed by atoms with van der Waals surface area (Å²) < 4.78 is 11.4. The van der Waals surface area contributed by atoms with Gasteiger partial charge in [-0.1, -0.05) is 48.5 Å². The summed E-state index contributed by atoms with van der Waals surface area (Å²) in [5, 5.41) is 11.1. The molecule has 0 aromatic heterocycles. The van der Waals surface area contributed by atoms with Crippen molar-refractivity contribution in [2.75, 3.05) is 11.5 Å². The zero-order valence-electron chi connectivity index (χ0n) is 19.4. The van der Waals surface area contributed by atoms with Crippen molar-refractivity contribution in [3.63, 3.8) is 0 Å². The van der Waals surface area contributed by atoms with Crippen molar-refractivity contribution in [1.82, 2.24) is 0 Å². The van der Waals surface area contributed by atoms with E-state index in [0.29, 0.717) is 34.9 Å². The normalized spacial score (nSPS) is 17.3. The van der Waals surface area contributed by atoms with Crippen LogP contribution in [-0.4, -0.2) is 29.5 Å². The van der Waals surface area contributed by atoms with E-state index in [1.807, 2.05) is 39.0 Å². The number of ketones is 1. The fourth-order valence-corrected chi connectivity index (χ4v) is 4.06. The number of carbonyl (C=O) groups excluding carboxylic acids is 2. The minimum absolute atomic E-state index is 0.0101. The van der Waals surface area contributed by atoms with Crippen molar-refractivity contribution in [1.29, 1.82) is 0 Å². The molecule has 0 spiro atoms. The van der Waals surface area contributed by atoms with Crippen LogP contribution in [0.4, 0.5) is 5.69 Å². The third kappa shape index (κ3) is 4.53. The number of benzene rings is 3. The Hall–Kier alpha value is -4.06. The van der Waals surface area contributed by atoms with Crippen molar-refractivity contribution >= 4 is 23.1 Å². The van der Waals surface area contributed by atoms with E-state index in [1.54, 1.807) is 60.7 Å². The monoisotopic (exact) mass is 457 g/mol. The van der Waals surface area contributed by atoms with Crippen molar-refractivity contribution < 1.29 is 24.2 Å². The summed E-state index contributed by atoms with van der Waals surface area (Å²) in [7, 11) is 0. The summed E-state index contributed by atoms with van der Waals surface area (Å²) in [6.45, 7) is 6.22. The molecule has 0 bridgehead atoms. The second-order valence-electron chi connectivity index (χ2n) is 8.20.